The van der Waals surface area contributed by atoms with E-state index in [2.05, 4.69) is 29.0 Å². The molecule has 0 aliphatic heterocycles. The molecule has 0 spiro atoms. The lowest BCUT2D eigenvalue weighted by atomic mass is 10.4. The molecule has 0 aliphatic rings. The Bertz CT molecular complexity index is 472. The first-order chi connectivity index (χ1) is 11.4. The number of nitrogens with zero attached hydrogens (tertiary/aromatic N) is 4. The largest absolute Gasteiger partial charge is 0.343 e. The lowest BCUT2D eigenvalue weighted by Gasteiger charge is -2.19. The Kier molecular flexibility index (Phi) is 13.9. The predicted molar refractivity (Wildman–Crippen MR) is 103 cm³/mol. The number of ether oxygens (including phenoxy) is 2. The summed E-state index contributed by atoms with van der Waals surface area (Å²) in [5.74, 6) is 0. The van der Waals surface area contributed by atoms with Crippen molar-refractivity contribution in [3.63, 3.8) is 0 Å². The Hall–Kier alpha value is -0.900. The molecule has 0 N–H and O–H groups in total. The van der Waals surface area contributed by atoms with E-state index in [9.17, 15) is 0 Å². The molecule has 0 amide bonds. The number of aromatic nitrogens is 2. The summed E-state index contributed by atoms with van der Waals surface area (Å²) >= 11 is 3.39. The molecule has 2 rings (SSSR count). The number of hydrogen-bond acceptors (Lipinski definition) is 8. The zero-order valence-corrected chi connectivity index (χ0v) is 17.4. The van der Waals surface area contributed by atoms with Crippen LogP contribution < -0.4 is 0 Å². The summed E-state index contributed by atoms with van der Waals surface area (Å²) in [5, 5.41) is 6.35. The van der Waals surface area contributed by atoms with Gasteiger partial charge in [-0.25, -0.2) is 4.98 Å². The van der Waals surface area contributed by atoms with Gasteiger partial charge in [0.05, 0.1) is 10.0 Å². The van der Waals surface area contributed by atoms with E-state index in [1.165, 1.54) is 5.01 Å². The van der Waals surface area contributed by atoms with E-state index in [0.717, 1.165) is 18.0 Å². The van der Waals surface area contributed by atoms with E-state index in [0.29, 0.717) is 0 Å². The van der Waals surface area contributed by atoms with Gasteiger partial charge < -0.3 is 14.4 Å². The van der Waals surface area contributed by atoms with Crippen molar-refractivity contribution in [2.45, 2.75) is 19.8 Å². The highest BCUT2D eigenvalue weighted by Crippen LogP contribution is 2.04. The summed E-state index contributed by atoms with van der Waals surface area (Å²) in [4.78, 5) is 12.1. The monoisotopic (exact) mass is 374 g/mol. The van der Waals surface area contributed by atoms with Gasteiger partial charge in [0.2, 0.25) is 6.41 Å². The van der Waals surface area contributed by atoms with Crippen LogP contribution >= 0.6 is 22.7 Å². The first kappa shape index (κ1) is 23.1. The quantitative estimate of drug-likeness (QED) is 0.725. The fourth-order valence-corrected chi connectivity index (χ4v) is 2.56. The second-order valence-corrected chi connectivity index (χ2v) is 7.35. The summed E-state index contributed by atoms with van der Waals surface area (Å²) < 4.78 is 9.73. The van der Waals surface area contributed by atoms with Gasteiger partial charge in [-0.2, -0.15) is 0 Å². The Labute approximate surface area is 154 Å². The fourth-order valence-electron chi connectivity index (χ4n) is 1.51. The van der Waals surface area contributed by atoms with Crippen LogP contribution in [-0.2, 0) is 15.9 Å². The van der Waals surface area contributed by atoms with E-state index in [1.807, 2.05) is 42.9 Å². The minimum absolute atomic E-state index is 0.213. The maximum absolute atomic E-state index is 4.86. The van der Waals surface area contributed by atoms with Gasteiger partial charge in [0.15, 0.2) is 0 Å². The zero-order chi connectivity index (χ0) is 18.4. The van der Waals surface area contributed by atoms with Crippen LogP contribution in [0.25, 0.3) is 0 Å². The first-order valence-electron chi connectivity index (χ1n) is 7.51. The smallest absolute Gasteiger partial charge is 0.217 e. The van der Waals surface area contributed by atoms with Crippen LogP contribution in [0.2, 0.25) is 0 Å². The van der Waals surface area contributed by atoms with E-state index in [-0.39, 0.29) is 6.41 Å². The third kappa shape index (κ3) is 12.5. The highest BCUT2D eigenvalue weighted by atomic mass is 32.1. The third-order valence-electron chi connectivity index (χ3n) is 2.64. The van der Waals surface area contributed by atoms with Crippen molar-refractivity contribution in [3.05, 3.63) is 33.2 Å². The van der Waals surface area contributed by atoms with E-state index < -0.39 is 0 Å². The summed E-state index contributed by atoms with van der Waals surface area (Å²) in [7, 11) is 11.1. The van der Waals surface area contributed by atoms with Crippen molar-refractivity contribution in [3.8, 4) is 0 Å². The van der Waals surface area contributed by atoms with Crippen molar-refractivity contribution >= 4 is 22.7 Å². The molecule has 2 heterocycles. The van der Waals surface area contributed by atoms with Crippen LogP contribution in [0.5, 0.6) is 0 Å². The number of hydrogen-bond donors (Lipinski definition) is 0. The summed E-state index contributed by atoms with van der Waals surface area (Å²) in [6.45, 7) is 3.08. The lowest BCUT2D eigenvalue weighted by molar-refractivity contribution is -0.179. The lowest BCUT2D eigenvalue weighted by Crippen LogP contribution is -2.30. The SMILES string of the molecule is CN(C)CCc1nccs1.COC(OC)N(C)C.Cc1nccs1. The molecular weight excluding hydrogens is 344 g/mol. The third-order valence-corrected chi connectivity index (χ3v) is 4.18. The molecule has 0 saturated carbocycles. The Morgan fingerprint density at radius 2 is 1.58 bits per heavy atom. The number of aryl methyl sites for hydroxylation is 1. The molecule has 6 nitrogen and oxygen atoms in total. The minimum Gasteiger partial charge on any atom is -0.343 e. The summed E-state index contributed by atoms with van der Waals surface area (Å²) in [6.07, 6.45) is 4.52. The number of thiazole rings is 2. The van der Waals surface area contributed by atoms with Crippen LogP contribution in [0.1, 0.15) is 10.0 Å². The number of methoxy groups -OCH3 is 2. The Morgan fingerprint density at radius 1 is 1.00 bits per heavy atom. The van der Waals surface area contributed by atoms with Gasteiger partial charge in [0.25, 0.3) is 0 Å². The topological polar surface area (TPSA) is 50.7 Å². The molecule has 2 aromatic heterocycles. The molecule has 0 saturated heterocycles. The van der Waals surface area contributed by atoms with Gasteiger partial charge in [0.1, 0.15) is 0 Å². The average Bonchev–Trinajstić information content (AvgIpc) is 3.20. The van der Waals surface area contributed by atoms with Gasteiger partial charge in [0, 0.05) is 50.3 Å². The summed E-state index contributed by atoms with van der Waals surface area (Å²) in [5.41, 5.74) is 0. The molecule has 0 bridgehead atoms. The molecule has 0 aromatic carbocycles. The van der Waals surface area contributed by atoms with Crippen LogP contribution in [-0.4, -0.2) is 75.1 Å². The minimum atomic E-state index is -0.213. The van der Waals surface area contributed by atoms with E-state index in [4.69, 9.17) is 9.47 Å². The highest BCUT2D eigenvalue weighted by Gasteiger charge is 2.04. The molecule has 138 valence electrons. The van der Waals surface area contributed by atoms with Gasteiger partial charge in [-0.3, -0.25) is 9.88 Å². The van der Waals surface area contributed by atoms with Crippen molar-refractivity contribution in [2.75, 3.05) is 49.0 Å². The normalized spacial score (nSPS) is 10.4. The molecule has 0 radical (unpaired) electrons. The van der Waals surface area contributed by atoms with Gasteiger partial charge in [-0.05, 0) is 35.1 Å². The van der Waals surface area contributed by atoms with Crippen LogP contribution in [0.15, 0.2) is 23.2 Å². The number of likely N-dealkylation sites (N-methyl/N-ethyl adjacent to an activating group) is 1. The van der Waals surface area contributed by atoms with Crippen LogP contribution in [0.4, 0.5) is 0 Å². The first-order valence-corrected chi connectivity index (χ1v) is 9.27. The van der Waals surface area contributed by atoms with Crippen LogP contribution in [0.3, 0.4) is 0 Å². The Morgan fingerprint density at radius 3 is 1.83 bits per heavy atom. The Balaban J connectivity index is 0.000000342. The second-order valence-electron chi connectivity index (χ2n) is 5.27. The van der Waals surface area contributed by atoms with Crippen molar-refractivity contribution in [1.82, 2.24) is 19.8 Å². The van der Waals surface area contributed by atoms with Crippen LogP contribution in [0, 0.1) is 6.92 Å². The molecule has 24 heavy (non-hydrogen) atoms. The molecule has 2 aromatic rings. The maximum atomic E-state index is 4.86. The standard InChI is InChI=1S/C7H12N2S.C5H13NO2.C4H5NS/c1-9(2)5-3-7-8-4-6-10-7;1-6(2)5(7-3)8-4;1-4-5-2-3-6-4/h4,6H,3,5H2,1-2H3;5H,1-4H3;2-3H,1H3. The van der Waals surface area contributed by atoms with Crippen molar-refractivity contribution < 1.29 is 9.47 Å². The van der Waals surface area contributed by atoms with Gasteiger partial charge in [-0.15, -0.1) is 22.7 Å². The highest BCUT2D eigenvalue weighted by molar-refractivity contribution is 7.09. The molecule has 0 fully saturated rings. The maximum Gasteiger partial charge on any atom is 0.217 e. The second kappa shape index (κ2) is 14.4. The van der Waals surface area contributed by atoms with Gasteiger partial charge >= 0.3 is 0 Å². The fraction of sp³-hybridized carbons (Fsp3) is 0.625. The van der Waals surface area contributed by atoms with E-state index in [1.54, 1.807) is 43.1 Å². The average molecular weight is 375 g/mol. The molecule has 0 aliphatic carbocycles. The zero-order valence-electron chi connectivity index (χ0n) is 15.7. The number of rotatable bonds is 6. The molecular formula is C16H30N4O2S2. The molecule has 0 atom stereocenters. The van der Waals surface area contributed by atoms with Crippen molar-refractivity contribution in [2.24, 2.45) is 0 Å². The molecule has 0 unspecified atom stereocenters. The van der Waals surface area contributed by atoms with Gasteiger partial charge in [-0.1, -0.05) is 0 Å². The predicted octanol–water partition coefficient (Wildman–Crippen LogP) is 2.82. The van der Waals surface area contributed by atoms with Crippen molar-refractivity contribution in [1.29, 1.82) is 0 Å². The summed E-state index contributed by atoms with van der Waals surface area (Å²) in [6, 6.07) is 0. The molecule has 8 heteroatoms. The van der Waals surface area contributed by atoms with E-state index >= 15 is 0 Å².